The van der Waals surface area contributed by atoms with Gasteiger partial charge in [-0.3, -0.25) is 9.20 Å². The van der Waals surface area contributed by atoms with Gasteiger partial charge in [0.2, 0.25) is 5.91 Å². The lowest BCUT2D eigenvalue weighted by Crippen LogP contribution is -2.49. The van der Waals surface area contributed by atoms with Crippen LogP contribution in [0.15, 0.2) is 24.3 Å². The molecule has 0 aliphatic carbocycles. The van der Waals surface area contributed by atoms with E-state index < -0.39 is 0 Å². The molecule has 0 saturated carbocycles. The van der Waals surface area contributed by atoms with Gasteiger partial charge in [-0.2, -0.15) is 5.26 Å². The third-order valence-corrected chi connectivity index (χ3v) is 5.59. The number of amides is 1. The molecule has 0 spiro atoms. The van der Waals surface area contributed by atoms with Crippen LogP contribution in [0.4, 0.5) is 5.82 Å². The van der Waals surface area contributed by atoms with Crippen LogP contribution in [-0.2, 0) is 11.2 Å². The topological polar surface area (TPSA) is 84.9 Å². The van der Waals surface area contributed by atoms with Crippen LogP contribution < -0.4 is 4.90 Å². The lowest BCUT2D eigenvalue weighted by molar-refractivity contribution is -0.129. The van der Waals surface area contributed by atoms with Gasteiger partial charge in [0.05, 0.1) is 16.6 Å². The number of nitrogens with zero attached hydrogens (tertiary/aromatic N) is 5. The Balaban J connectivity index is 0.00000240. The molecule has 7 nitrogen and oxygen atoms in total. The minimum atomic E-state index is 0. The Kier molecular flexibility index (Phi) is 5.96. The zero-order chi connectivity index (χ0) is 19.8. The lowest BCUT2D eigenvalue weighted by Gasteiger charge is -2.37. The smallest absolute Gasteiger partial charge is 0.219 e. The van der Waals surface area contributed by atoms with Gasteiger partial charge in [-0.25, -0.2) is 4.98 Å². The Hall–Kier alpha value is -2.82. The monoisotopic (exact) mass is 413 g/mol. The SMILES string of the molecule is CC(=O)N1CCN(c2c(CCO)c(C)c(C#N)c3nc4ccccc4n23)CC1.Cl. The molecular formula is C21H24ClN5O2. The number of piperazine rings is 1. The van der Waals surface area contributed by atoms with Gasteiger partial charge in [0, 0.05) is 39.7 Å². The molecule has 1 aromatic carbocycles. The van der Waals surface area contributed by atoms with Crippen LogP contribution in [-0.4, -0.2) is 58.1 Å². The first-order valence-electron chi connectivity index (χ1n) is 9.51. The number of aliphatic hydroxyl groups is 1. The maximum atomic E-state index is 11.7. The van der Waals surface area contributed by atoms with E-state index in [1.165, 1.54) is 0 Å². The molecule has 0 unspecified atom stereocenters. The molecule has 29 heavy (non-hydrogen) atoms. The fourth-order valence-electron chi connectivity index (χ4n) is 4.14. The van der Waals surface area contributed by atoms with E-state index in [1.54, 1.807) is 6.92 Å². The van der Waals surface area contributed by atoms with Crippen LogP contribution in [0, 0.1) is 18.3 Å². The molecule has 2 aromatic heterocycles. The molecule has 1 aliphatic rings. The summed E-state index contributed by atoms with van der Waals surface area (Å²) >= 11 is 0. The molecule has 1 fully saturated rings. The van der Waals surface area contributed by atoms with Crippen LogP contribution >= 0.6 is 12.4 Å². The Labute approximate surface area is 175 Å². The van der Waals surface area contributed by atoms with Crippen molar-refractivity contribution in [2.45, 2.75) is 20.3 Å². The molecule has 1 N–H and O–H groups in total. The first-order chi connectivity index (χ1) is 13.6. The number of pyridine rings is 1. The van der Waals surface area contributed by atoms with Gasteiger partial charge in [0.15, 0.2) is 5.65 Å². The summed E-state index contributed by atoms with van der Waals surface area (Å²) in [7, 11) is 0. The van der Waals surface area contributed by atoms with E-state index in [0.29, 0.717) is 43.8 Å². The number of aliphatic hydroxyl groups excluding tert-OH is 1. The number of aromatic nitrogens is 2. The van der Waals surface area contributed by atoms with Crippen LogP contribution in [0.3, 0.4) is 0 Å². The quantitative estimate of drug-likeness (QED) is 0.712. The van der Waals surface area contributed by atoms with E-state index >= 15 is 0 Å². The van der Waals surface area contributed by atoms with Gasteiger partial charge < -0.3 is 14.9 Å². The number of anilines is 1. The first kappa shape index (κ1) is 20.9. The highest BCUT2D eigenvalue weighted by atomic mass is 35.5. The molecule has 8 heteroatoms. The van der Waals surface area contributed by atoms with Crippen LogP contribution in [0.25, 0.3) is 16.7 Å². The Morgan fingerprint density at radius 1 is 1.24 bits per heavy atom. The van der Waals surface area contributed by atoms with Gasteiger partial charge in [-0.15, -0.1) is 12.4 Å². The summed E-state index contributed by atoms with van der Waals surface area (Å²) < 4.78 is 2.05. The van der Waals surface area contributed by atoms with Gasteiger partial charge in [0.25, 0.3) is 0 Å². The third-order valence-electron chi connectivity index (χ3n) is 5.59. The zero-order valence-electron chi connectivity index (χ0n) is 16.6. The van der Waals surface area contributed by atoms with Crippen LogP contribution in [0.5, 0.6) is 0 Å². The number of halogens is 1. The Bertz CT molecular complexity index is 1110. The average molecular weight is 414 g/mol. The molecule has 1 aliphatic heterocycles. The standard InChI is InChI=1S/C21H23N5O2.ClH/c1-14-16(7-12-27)21(25-10-8-24(9-11-25)15(2)28)26-19-6-4-3-5-18(19)23-20(26)17(14)13-22;/h3-6,27H,7-12H2,1-2H3;1H. The van der Waals surface area contributed by atoms with E-state index in [9.17, 15) is 15.2 Å². The fraction of sp³-hybridized carbons (Fsp3) is 0.381. The minimum Gasteiger partial charge on any atom is -0.396 e. The summed E-state index contributed by atoms with van der Waals surface area (Å²) in [6, 6.07) is 10.2. The average Bonchev–Trinajstić information content (AvgIpc) is 3.08. The number of rotatable bonds is 3. The summed E-state index contributed by atoms with van der Waals surface area (Å²) in [4.78, 5) is 20.6. The largest absolute Gasteiger partial charge is 0.396 e. The number of para-hydroxylation sites is 2. The van der Waals surface area contributed by atoms with E-state index in [2.05, 4.69) is 15.4 Å². The van der Waals surface area contributed by atoms with Crippen molar-refractivity contribution in [3.63, 3.8) is 0 Å². The molecule has 152 valence electrons. The normalized spacial score (nSPS) is 14.1. The number of imidazole rings is 1. The molecule has 4 rings (SSSR count). The van der Waals surface area contributed by atoms with Gasteiger partial charge in [0.1, 0.15) is 11.9 Å². The first-order valence-corrected chi connectivity index (χ1v) is 9.51. The molecule has 1 amide bonds. The summed E-state index contributed by atoms with van der Waals surface area (Å²) in [5.74, 6) is 1.06. The number of carbonyl (C=O) groups is 1. The van der Waals surface area contributed by atoms with E-state index in [-0.39, 0.29) is 24.9 Å². The van der Waals surface area contributed by atoms with Crippen molar-refractivity contribution >= 4 is 40.8 Å². The molecule has 0 bridgehead atoms. The van der Waals surface area contributed by atoms with E-state index in [1.807, 2.05) is 36.1 Å². The van der Waals surface area contributed by atoms with E-state index in [0.717, 1.165) is 28.0 Å². The van der Waals surface area contributed by atoms with Crippen molar-refractivity contribution in [2.24, 2.45) is 0 Å². The number of nitriles is 1. The van der Waals surface area contributed by atoms with Crippen molar-refractivity contribution in [3.8, 4) is 6.07 Å². The maximum absolute atomic E-state index is 11.7. The highest BCUT2D eigenvalue weighted by molar-refractivity contribution is 5.86. The predicted octanol–water partition coefficient (Wildman–Crippen LogP) is 2.29. The number of carbonyl (C=O) groups excluding carboxylic acids is 1. The highest BCUT2D eigenvalue weighted by Gasteiger charge is 2.27. The second-order valence-corrected chi connectivity index (χ2v) is 7.14. The second-order valence-electron chi connectivity index (χ2n) is 7.14. The van der Waals surface area contributed by atoms with Crippen molar-refractivity contribution < 1.29 is 9.90 Å². The van der Waals surface area contributed by atoms with Gasteiger partial charge >= 0.3 is 0 Å². The molecule has 0 atom stereocenters. The molecular weight excluding hydrogens is 390 g/mol. The number of hydrogen-bond acceptors (Lipinski definition) is 5. The van der Waals surface area contributed by atoms with Gasteiger partial charge in [-0.05, 0) is 36.6 Å². The van der Waals surface area contributed by atoms with Crippen molar-refractivity contribution in [1.82, 2.24) is 14.3 Å². The summed E-state index contributed by atoms with van der Waals surface area (Å²) in [5, 5.41) is 19.5. The molecule has 0 radical (unpaired) electrons. The molecule has 3 heterocycles. The number of benzene rings is 1. The Morgan fingerprint density at radius 2 is 1.93 bits per heavy atom. The zero-order valence-corrected chi connectivity index (χ0v) is 17.4. The second kappa shape index (κ2) is 8.27. The summed E-state index contributed by atoms with van der Waals surface area (Å²) in [6.07, 6.45) is 0.464. The van der Waals surface area contributed by atoms with E-state index in [4.69, 9.17) is 4.98 Å². The lowest BCUT2D eigenvalue weighted by atomic mass is 10.0. The van der Waals surface area contributed by atoms with Crippen molar-refractivity contribution in [1.29, 1.82) is 5.26 Å². The fourth-order valence-corrected chi connectivity index (χ4v) is 4.14. The maximum Gasteiger partial charge on any atom is 0.219 e. The minimum absolute atomic E-state index is 0. The van der Waals surface area contributed by atoms with Crippen molar-refractivity contribution in [3.05, 3.63) is 41.0 Å². The molecule has 1 saturated heterocycles. The number of hydrogen-bond donors (Lipinski definition) is 1. The van der Waals surface area contributed by atoms with Crippen molar-refractivity contribution in [2.75, 3.05) is 37.7 Å². The predicted molar refractivity (Wildman–Crippen MR) is 115 cm³/mol. The molecule has 3 aromatic rings. The van der Waals surface area contributed by atoms with Crippen LogP contribution in [0.1, 0.15) is 23.6 Å². The third kappa shape index (κ3) is 3.39. The van der Waals surface area contributed by atoms with Gasteiger partial charge in [-0.1, -0.05) is 12.1 Å². The Morgan fingerprint density at radius 3 is 2.55 bits per heavy atom. The summed E-state index contributed by atoms with van der Waals surface area (Å²) in [6.45, 7) is 6.24. The summed E-state index contributed by atoms with van der Waals surface area (Å²) in [5.41, 5.74) is 4.80. The highest BCUT2D eigenvalue weighted by Crippen LogP contribution is 2.34. The van der Waals surface area contributed by atoms with Crippen LogP contribution in [0.2, 0.25) is 0 Å². The number of fused-ring (bicyclic) bond motifs is 3.